The minimum absolute atomic E-state index is 0.0227. The summed E-state index contributed by atoms with van der Waals surface area (Å²) in [4.78, 5) is 34.5. The number of ether oxygens (including phenoxy) is 2. The highest BCUT2D eigenvalue weighted by atomic mass is 16.6. The van der Waals surface area contributed by atoms with Crippen LogP contribution in [0.5, 0.6) is 0 Å². The summed E-state index contributed by atoms with van der Waals surface area (Å²) in [5.41, 5.74) is 5.08. The summed E-state index contributed by atoms with van der Waals surface area (Å²) in [5.74, 6) is 1.02. The summed E-state index contributed by atoms with van der Waals surface area (Å²) in [7, 11) is 1.44. The van der Waals surface area contributed by atoms with E-state index >= 15 is 0 Å². The van der Waals surface area contributed by atoms with Crippen LogP contribution in [0.4, 0.5) is 10.6 Å². The lowest BCUT2D eigenvalue weighted by atomic mass is 9.94. The number of carbonyl (C=O) groups excluding carboxylic acids is 2. The predicted octanol–water partition coefficient (Wildman–Crippen LogP) is 5.36. The van der Waals surface area contributed by atoms with E-state index in [0.717, 1.165) is 85.8 Å². The number of likely N-dealkylation sites (tertiary alicyclic amines) is 1. The van der Waals surface area contributed by atoms with Crippen LogP contribution in [-0.4, -0.2) is 75.7 Å². The largest absolute Gasteiger partial charge is 0.469 e. The molecular weight excluding hydrogens is 570 g/mol. The molecule has 0 unspecified atom stereocenters. The maximum Gasteiger partial charge on any atom is 0.416 e. The number of pyridine rings is 1. The first-order chi connectivity index (χ1) is 21.5. The summed E-state index contributed by atoms with van der Waals surface area (Å²) in [6.07, 6.45) is 4.74. The van der Waals surface area contributed by atoms with Crippen molar-refractivity contribution in [3.63, 3.8) is 0 Å². The van der Waals surface area contributed by atoms with E-state index < -0.39 is 5.60 Å². The Kier molecular flexibility index (Phi) is 10.2. The Labute approximate surface area is 266 Å². The van der Waals surface area contributed by atoms with Crippen molar-refractivity contribution in [2.75, 3.05) is 38.2 Å². The number of benzene rings is 1. The number of aliphatic hydroxyl groups is 1. The zero-order valence-corrected chi connectivity index (χ0v) is 27.3. The Morgan fingerprint density at radius 2 is 1.93 bits per heavy atom. The van der Waals surface area contributed by atoms with Gasteiger partial charge in [0, 0.05) is 36.9 Å². The second-order valence-electron chi connectivity index (χ2n) is 13.4. The number of aryl methyl sites for hydroxylation is 3. The lowest BCUT2D eigenvalue weighted by Crippen LogP contribution is -2.40. The fraction of sp³-hybridized carbons (Fsp3) is 0.543. The van der Waals surface area contributed by atoms with E-state index in [0.29, 0.717) is 24.6 Å². The Morgan fingerprint density at radius 1 is 1.11 bits per heavy atom. The number of nitrogens with zero attached hydrogens (tertiary/aromatic N) is 5. The molecule has 1 N–H and O–H groups in total. The van der Waals surface area contributed by atoms with Crippen LogP contribution in [0.3, 0.4) is 0 Å². The first-order valence-electron chi connectivity index (χ1n) is 16.1. The van der Waals surface area contributed by atoms with Gasteiger partial charge in [-0.15, -0.1) is 0 Å². The number of esters is 1. The molecule has 10 heteroatoms. The number of carbonyl (C=O) groups is 2. The zero-order chi connectivity index (χ0) is 32.1. The van der Waals surface area contributed by atoms with Gasteiger partial charge in [-0.05, 0) is 108 Å². The molecule has 2 aromatic heterocycles. The molecule has 3 aromatic rings. The van der Waals surface area contributed by atoms with E-state index in [9.17, 15) is 14.7 Å². The number of anilines is 1. The minimum Gasteiger partial charge on any atom is -0.469 e. The van der Waals surface area contributed by atoms with Gasteiger partial charge in [0.05, 0.1) is 31.5 Å². The monoisotopic (exact) mass is 617 g/mol. The third-order valence-electron chi connectivity index (χ3n) is 8.70. The molecule has 0 radical (unpaired) electrons. The van der Waals surface area contributed by atoms with Crippen molar-refractivity contribution < 1.29 is 24.2 Å². The van der Waals surface area contributed by atoms with Gasteiger partial charge in [0.15, 0.2) is 0 Å². The predicted molar refractivity (Wildman–Crippen MR) is 173 cm³/mol. The van der Waals surface area contributed by atoms with Gasteiger partial charge in [0.1, 0.15) is 11.4 Å². The molecule has 1 amide bonds. The Bertz CT molecular complexity index is 1500. The highest BCUT2D eigenvalue weighted by Gasteiger charge is 2.30. The van der Waals surface area contributed by atoms with Crippen molar-refractivity contribution in [1.82, 2.24) is 19.7 Å². The summed E-state index contributed by atoms with van der Waals surface area (Å²) < 4.78 is 12.6. The van der Waals surface area contributed by atoms with Crippen LogP contribution < -0.4 is 4.90 Å². The highest BCUT2D eigenvalue weighted by molar-refractivity contribution is 5.88. The summed E-state index contributed by atoms with van der Waals surface area (Å²) in [6.45, 7) is 10.8. The van der Waals surface area contributed by atoms with Gasteiger partial charge in [0.25, 0.3) is 0 Å². The van der Waals surface area contributed by atoms with Crippen LogP contribution >= 0.6 is 0 Å². The minimum atomic E-state index is -0.553. The van der Waals surface area contributed by atoms with E-state index in [1.807, 2.05) is 50.6 Å². The van der Waals surface area contributed by atoms with Crippen molar-refractivity contribution in [2.45, 2.75) is 84.3 Å². The lowest BCUT2D eigenvalue weighted by molar-refractivity contribution is -0.141. The summed E-state index contributed by atoms with van der Waals surface area (Å²) >= 11 is 0. The second-order valence-corrected chi connectivity index (χ2v) is 13.4. The maximum absolute atomic E-state index is 12.9. The maximum atomic E-state index is 12.9. The molecule has 242 valence electrons. The van der Waals surface area contributed by atoms with E-state index in [1.54, 1.807) is 4.90 Å². The quantitative estimate of drug-likeness (QED) is 0.303. The number of fused-ring (bicyclic) bond motifs is 1. The average molecular weight is 618 g/mol. The van der Waals surface area contributed by atoms with Gasteiger partial charge in [-0.2, -0.15) is 5.10 Å². The first kappa shape index (κ1) is 32.6. The molecule has 5 rings (SSSR count). The molecule has 1 fully saturated rings. The van der Waals surface area contributed by atoms with Crippen molar-refractivity contribution >= 4 is 17.9 Å². The number of rotatable bonds is 10. The first-order valence-corrected chi connectivity index (χ1v) is 16.1. The number of aromatic nitrogens is 3. The molecule has 10 nitrogen and oxygen atoms in total. The molecular formula is C35H47N5O5. The highest BCUT2D eigenvalue weighted by Crippen LogP contribution is 2.30. The van der Waals surface area contributed by atoms with E-state index in [2.05, 4.69) is 34.3 Å². The van der Waals surface area contributed by atoms with Crippen LogP contribution in [0.15, 0.2) is 42.5 Å². The summed E-state index contributed by atoms with van der Waals surface area (Å²) in [5, 5.41) is 14.1. The van der Waals surface area contributed by atoms with Crippen LogP contribution in [0.2, 0.25) is 0 Å². The molecule has 45 heavy (non-hydrogen) atoms. The SMILES string of the molecule is COC(=O)C[C@H](CN1CC[C@@H](CCc2ccc3c(n2)N(C(=O)OC(C)(C)C)CCC3)C1)c1cccc(-n2nc(CO)cc2C)c1. The number of amides is 1. The van der Waals surface area contributed by atoms with Gasteiger partial charge < -0.3 is 19.5 Å². The summed E-state index contributed by atoms with van der Waals surface area (Å²) in [6, 6.07) is 14.2. The third-order valence-corrected chi connectivity index (χ3v) is 8.70. The van der Waals surface area contributed by atoms with Crippen molar-refractivity contribution in [2.24, 2.45) is 5.92 Å². The molecule has 2 atom stereocenters. The topological polar surface area (TPSA) is 110 Å². The molecule has 0 spiro atoms. The normalized spacial score (nSPS) is 17.6. The van der Waals surface area contributed by atoms with Gasteiger partial charge in [-0.1, -0.05) is 18.2 Å². The number of aliphatic hydroxyl groups excluding tert-OH is 1. The molecule has 0 aliphatic carbocycles. The van der Waals surface area contributed by atoms with Crippen LogP contribution in [0.1, 0.15) is 80.6 Å². The van der Waals surface area contributed by atoms with Crippen LogP contribution in [0.25, 0.3) is 5.69 Å². The smallest absolute Gasteiger partial charge is 0.416 e. The molecule has 1 saturated heterocycles. The number of methoxy groups -OCH3 is 1. The average Bonchev–Trinajstić information content (AvgIpc) is 3.64. The molecule has 0 saturated carbocycles. The van der Waals surface area contributed by atoms with E-state index in [4.69, 9.17) is 14.5 Å². The second kappa shape index (κ2) is 14.1. The number of hydrogen-bond donors (Lipinski definition) is 1. The van der Waals surface area contributed by atoms with Crippen molar-refractivity contribution in [3.05, 3.63) is 70.7 Å². The fourth-order valence-electron chi connectivity index (χ4n) is 6.45. The molecule has 2 aliphatic heterocycles. The van der Waals surface area contributed by atoms with Gasteiger partial charge in [-0.25, -0.2) is 14.5 Å². The lowest BCUT2D eigenvalue weighted by Gasteiger charge is -2.31. The van der Waals surface area contributed by atoms with Crippen molar-refractivity contribution in [1.29, 1.82) is 0 Å². The Morgan fingerprint density at radius 3 is 2.67 bits per heavy atom. The van der Waals surface area contributed by atoms with Gasteiger partial charge in [-0.3, -0.25) is 9.69 Å². The standard InChI is InChI=1S/C35H47N5O5/c1-24-18-30(23-41)37-40(24)31-10-6-8-27(19-31)28(20-32(42)44-5)22-38-17-15-25(21-38)11-13-29-14-12-26-9-7-16-39(33(26)36-29)34(43)45-35(2,3)4/h6,8,10,12,14,18-19,25,28,41H,7,9,11,13,15-17,20-23H2,1-5H3/t25-,28-/m1/s1. The molecule has 1 aromatic carbocycles. The third kappa shape index (κ3) is 8.29. The Balaban J connectivity index is 1.22. The molecule has 2 aliphatic rings. The molecule has 4 heterocycles. The van der Waals surface area contributed by atoms with E-state index in [1.165, 1.54) is 7.11 Å². The van der Waals surface area contributed by atoms with E-state index in [-0.39, 0.29) is 24.6 Å². The fourth-order valence-corrected chi connectivity index (χ4v) is 6.45. The number of hydrogen-bond acceptors (Lipinski definition) is 8. The van der Waals surface area contributed by atoms with Crippen LogP contribution in [-0.2, 0) is 33.7 Å². The van der Waals surface area contributed by atoms with Crippen molar-refractivity contribution in [3.8, 4) is 5.69 Å². The zero-order valence-electron chi connectivity index (χ0n) is 27.3. The Hall–Kier alpha value is -3.76. The van der Waals surface area contributed by atoms with Gasteiger partial charge >= 0.3 is 12.1 Å². The molecule has 0 bridgehead atoms. The van der Waals surface area contributed by atoms with Gasteiger partial charge in [0.2, 0.25) is 0 Å². The van der Waals surface area contributed by atoms with Crippen LogP contribution in [0, 0.1) is 12.8 Å².